The van der Waals surface area contributed by atoms with Crippen molar-refractivity contribution in [1.82, 2.24) is 10.0 Å². The topological polar surface area (TPSA) is 101 Å². The Morgan fingerprint density at radius 1 is 1.41 bits per heavy atom. The van der Waals surface area contributed by atoms with Gasteiger partial charge in [0.1, 0.15) is 5.25 Å². The van der Waals surface area contributed by atoms with E-state index >= 15 is 0 Å². The van der Waals surface area contributed by atoms with Gasteiger partial charge in [-0.3, -0.25) is 4.79 Å². The van der Waals surface area contributed by atoms with E-state index in [-0.39, 0.29) is 23.9 Å². The Morgan fingerprint density at radius 3 is 2.47 bits per heavy atom. The van der Waals surface area contributed by atoms with Crippen molar-refractivity contribution in [3.63, 3.8) is 0 Å². The zero-order valence-electron chi connectivity index (χ0n) is 10.0. The zero-order valence-corrected chi connectivity index (χ0v) is 11.7. The Balaban J connectivity index is 4.04. The van der Waals surface area contributed by atoms with Gasteiger partial charge in [0, 0.05) is 19.5 Å². The van der Waals surface area contributed by atoms with Crippen LogP contribution in [-0.4, -0.2) is 37.7 Å². The summed E-state index contributed by atoms with van der Waals surface area (Å²) < 4.78 is 25.4. The summed E-state index contributed by atoms with van der Waals surface area (Å²) in [5.41, 5.74) is 5.25. The third-order valence-electron chi connectivity index (χ3n) is 2.09. The lowest BCUT2D eigenvalue weighted by Gasteiger charge is -2.12. The maximum absolute atomic E-state index is 11.6. The van der Waals surface area contributed by atoms with Crippen molar-refractivity contribution in [1.29, 1.82) is 0 Å². The lowest BCUT2D eigenvalue weighted by Crippen LogP contribution is -2.41. The molecule has 17 heavy (non-hydrogen) atoms. The van der Waals surface area contributed by atoms with E-state index in [0.717, 1.165) is 6.42 Å². The molecule has 0 spiro atoms. The number of rotatable bonds is 8. The fraction of sp³-hybridized carbons (Fsp3) is 0.778. The van der Waals surface area contributed by atoms with Crippen LogP contribution in [0.25, 0.3) is 0 Å². The first-order valence-electron chi connectivity index (χ1n) is 5.35. The molecule has 0 fully saturated rings. The van der Waals surface area contributed by atoms with Crippen LogP contribution < -0.4 is 15.8 Å². The standard InChI is InChI=1S/C9H19N3O3S2/c1-3-5-11-8(13)4-6-12-17(14,15)7(2)9(10)16/h7,12H,3-6H2,1-2H3,(H2,10,16)(H,11,13). The van der Waals surface area contributed by atoms with E-state index in [1.807, 2.05) is 6.92 Å². The van der Waals surface area contributed by atoms with Gasteiger partial charge in [0.15, 0.2) is 0 Å². The van der Waals surface area contributed by atoms with Gasteiger partial charge in [-0.2, -0.15) is 0 Å². The number of sulfonamides is 1. The predicted molar refractivity (Wildman–Crippen MR) is 71.1 cm³/mol. The maximum atomic E-state index is 11.6. The zero-order chi connectivity index (χ0) is 13.5. The van der Waals surface area contributed by atoms with Crippen molar-refractivity contribution in [2.75, 3.05) is 13.1 Å². The number of carbonyl (C=O) groups excluding carboxylic acids is 1. The third-order valence-corrected chi connectivity index (χ3v) is 4.39. The number of thiocarbonyl (C=S) groups is 1. The van der Waals surface area contributed by atoms with Gasteiger partial charge in [0.05, 0.1) is 4.99 Å². The second-order valence-corrected chi connectivity index (χ2v) is 6.14. The lowest BCUT2D eigenvalue weighted by molar-refractivity contribution is -0.120. The molecule has 6 nitrogen and oxygen atoms in total. The minimum absolute atomic E-state index is 0.0465. The van der Waals surface area contributed by atoms with E-state index in [1.54, 1.807) is 0 Å². The van der Waals surface area contributed by atoms with Crippen LogP contribution in [0.5, 0.6) is 0 Å². The van der Waals surface area contributed by atoms with Crippen molar-refractivity contribution >= 4 is 33.1 Å². The number of hydrogen-bond donors (Lipinski definition) is 3. The van der Waals surface area contributed by atoms with Crippen LogP contribution in [0.15, 0.2) is 0 Å². The van der Waals surface area contributed by atoms with Crippen LogP contribution >= 0.6 is 12.2 Å². The summed E-state index contributed by atoms with van der Waals surface area (Å²) in [6.07, 6.45) is 0.944. The van der Waals surface area contributed by atoms with Gasteiger partial charge in [0.2, 0.25) is 15.9 Å². The van der Waals surface area contributed by atoms with E-state index in [0.29, 0.717) is 6.54 Å². The van der Waals surface area contributed by atoms with Gasteiger partial charge in [-0.25, -0.2) is 13.1 Å². The lowest BCUT2D eigenvalue weighted by atomic mass is 10.4. The number of hydrogen-bond acceptors (Lipinski definition) is 4. The van der Waals surface area contributed by atoms with Crippen molar-refractivity contribution in [2.45, 2.75) is 31.9 Å². The SMILES string of the molecule is CCCNC(=O)CCNS(=O)(=O)C(C)C(N)=S. The molecule has 1 amide bonds. The molecule has 0 aliphatic carbocycles. The van der Waals surface area contributed by atoms with E-state index in [4.69, 9.17) is 5.73 Å². The first-order valence-corrected chi connectivity index (χ1v) is 7.31. The number of nitrogens with one attached hydrogen (secondary N) is 2. The highest BCUT2D eigenvalue weighted by molar-refractivity contribution is 7.93. The fourth-order valence-electron chi connectivity index (χ4n) is 0.938. The van der Waals surface area contributed by atoms with Gasteiger partial charge in [-0.1, -0.05) is 19.1 Å². The third kappa shape index (κ3) is 6.54. The van der Waals surface area contributed by atoms with Crippen LogP contribution in [0.1, 0.15) is 26.7 Å². The molecule has 0 saturated heterocycles. The molecule has 0 heterocycles. The first-order chi connectivity index (χ1) is 7.81. The van der Waals surface area contributed by atoms with Crippen molar-refractivity contribution in [2.24, 2.45) is 5.73 Å². The molecule has 0 aromatic heterocycles. The summed E-state index contributed by atoms with van der Waals surface area (Å²) in [5, 5.41) is 1.71. The number of carbonyl (C=O) groups is 1. The largest absolute Gasteiger partial charge is 0.392 e. The summed E-state index contributed by atoms with van der Waals surface area (Å²) in [5.74, 6) is -0.183. The van der Waals surface area contributed by atoms with Crippen molar-refractivity contribution in [3.05, 3.63) is 0 Å². The van der Waals surface area contributed by atoms with E-state index in [9.17, 15) is 13.2 Å². The molecule has 0 saturated carbocycles. The van der Waals surface area contributed by atoms with Gasteiger partial charge >= 0.3 is 0 Å². The number of amides is 1. The monoisotopic (exact) mass is 281 g/mol. The maximum Gasteiger partial charge on any atom is 0.221 e. The molecule has 0 aliphatic rings. The molecule has 0 aliphatic heterocycles. The molecule has 0 bridgehead atoms. The van der Waals surface area contributed by atoms with Gasteiger partial charge in [-0.05, 0) is 13.3 Å². The van der Waals surface area contributed by atoms with E-state index in [1.165, 1.54) is 6.92 Å². The van der Waals surface area contributed by atoms with Gasteiger partial charge in [0.25, 0.3) is 0 Å². The normalized spacial score (nSPS) is 13.1. The molecule has 4 N–H and O–H groups in total. The van der Waals surface area contributed by atoms with Crippen molar-refractivity contribution in [3.8, 4) is 0 Å². The molecule has 0 rings (SSSR count). The average Bonchev–Trinajstić information content (AvgIpc) is 2.24. The van der Waals surface area contributed by atoms with Gasteiger partial charge < -0.3 is 11.1 Å². The Labute approximate surface area is 107 Å². The summed E-state index contributed by atoms with van der Waals surface area (Å²) in [7, 11) is -3.57. The average molecular weight is 281 g/mol. The minimum atomic E-state index is -3.57. The second-order valence-electron chi connectivity index (χ2n) is 3.58. The fourth-order valence-corrected chi connectivity index (χ4v) is 2.26. The highest BCUT2D eigenvalue weighted by Crippen LogP contribution is 1.98. The molecular weight excluding hydrogens is 262 g/mol. The Bertz CT molecular complexity index is 368. The molecule has 0 aromatic carbocycles. The van der Waals surface area contributed by atoms with E-state index < -0.39 is 15.3 Å². The Hall–Kier alpha value is -0.730. The molecule has 1 atom stereocenters. The number of nitrogens with two attached hydrogens (primary N) is 1. The Morgan fingerprint density at radius 2 is 2.00 bits per heavy atom. The summed E-state index contributed by atoms with van der Waals surface area (Å²) >= 11 is 4.60. The molecule has 0 radical (unpaired) electrons. The predicted octanol–water partition coefficient (Wildman–Crippen LogP) is -0.503. The van der Waals surface area contributed by atoms with Crippen molar-refractivity contribution < 1.29 is 13.2 Å². The van der Waals surface area contributed by atoms with Crippen LogP contribution in [0, 0.1) is 0 Å². The smallest absolute Gasteiger partial charge is 0.221 e. The van der Waals surface area contributed by atoms with E-state index in [2.05, 4.69) is 22.3 Å². The molecule has 8 heteroatoms. The minimum Gasteiger partial charge on any atom is -0.392 e. The molecule has 1 unspecified atom stereocenters. The first kappa shape index (κ1) is 16.3. The Kier molecular flexibility index (Phi) is 7.24. The molecular formula is C9H19N3O3S2. The summed E-state index contributed by atoms with van der Waals surface area (Å²) in [4.78, 5) is 11.1. The summed E-state index contributed by atoms with van der Waals surface area (Å²) in [6.45, 7) is 3.98. The highest BCUT2D eigenvalue weighted by atomic mass is 32.2. The van der Waals surface area contributed by atoms with Crippen LogP contribution in [0.2, 0.25) is 0 Å². The summed E-state index contributed by atoms with van der Waals surface area (Å²) in [6, 6.07) is 0. The quantitative estimate of drug-likeness (QED) is 0.521. The highest BCUT2D eigenvalue weighted by Gasteiger charge is 2.22. The second kappa shape index (κ2) is 7.57. The van der Waals surface area contributed by atoms with Crippen LogP contribution in [-0.2, 0) is 14.8 Å². The van der Waals surface area contributed by atoms with Gasteiger partial charge in [-0.15, -0.1) is 0 Å². The molecule has 0 aromatic rings. The molecule has 100 valence electrons. The van der Waals surface area contributed by atoms with Crippen LogP contribution in [0.3, 0.4) is 0 Å². The van der Waals surface area contributed by atoms with Crippen LogP contribution in [0.4, 0.5) is 0 Å².